The molecule has 1 aromatic carbocycles. The molecule has 17 heavy (non-hydrogen) atoms. The maximum atomic E-state index is 11.0. The van der Waals surface area contributed by atoms with E-state index in [0.717, 1.165) is 0 Å². The molecule has 0 aliphatic carbocycles. The molecule has 0 aromatic heterocycles. The second kappa shape index (κ2) is 6.85. The predicted octanol–water partition coefficient (Wildman–Crippen LogP) is 2.22. The van der Waals surface area contributed by atoms with Crippen LogP contribution in [0.2, 0.25) is 0 Å². The van der Waals surface area contributed by atoms with E-state index < -0.39 is 0 Å². The number of rotatable bonds is 2. The molecule has 0 aliphatic heterocycles. The Kier molecular flexibility index (Phi) is 4.25. The average Bonchev–Trinajstić information content (AvgIpc) is 2.35. The minimum Gasteiger partial charge on any atom is -0.273 e. The fraction of sp³-hybridized carbons (Fsp3) is 0.250. The van der Waals surface area contributed by atoms with Crippen LogP contribution in [0.5, 0.6) is 0 Å². The maximum absolute atomic E-state index is 11.0. The molecule has 1 rings (SSSR count). The molecule has 1 amide bonds. The van der Waals surface area contributed by atoms with Gasteiger partial charge in [-0.2, -0.15) is 10.1 Å². The summed E-state index contributed by atoms with van der Waals surface area (Å²) in [5.41, 5.74) is 0.428. The van der Waals surface area contributed by atoms with E-state index >= 15 is 0 Å². The van der Waals surface area contributed by atoms with Crippen molar-refractivity contribution < 1.29 is 7.54 Å². The Balaban J connectivity index is 3.02. The van der Waals surface area contributed by atoms with Gasteiger partial charge in [-0.25, -0.2) is 5.01 Å². The minimum atomic E-state index is -0.321. The summed E-state index contributed by atoms with van der Waals surface area (Å²) in [4.78, 5) is 14.8. The van der Waals surface area contributed by atoms with Crippen LogP contribution in [-0.2, 0) is 4.79 Å². The number of carbonyl (C=O) groups excluding carboxylic acids is 1. The third kappa shape index (κ3) is 4.82. The van der Waals surface area contributed by atoms with Crippen LogP contribution in [0.4, 0.5) is 0 Å². The Labute approximate surface area is 108 Å². The first-order chi connectivity index (χ1) is 8.95. The first kappa shape index (κ1) is 10.5. The van der Waals surface area contributed by atoms with E-state index in [4.69, 9.17) is 2.74 Å². The molecule has 0 saturated carbocycles. The zero-order valence-corrected chi connectivity index (χ0v) is 10.8. The monoisotopic (exact) mass is 251 g/mol. The minimum absolute atomic E-state index is 0.0431. The summed E-state index contributed by atoms with van der Waals surface area (Å²) in [5, 5.41) is 5.79. The van der Waals surface area contributed by atoms with Gasteiger partial charge in [0.15, 0.2) is 5.17 Å². The number of thioether (sulfide) groups is 1. The van der Waals surface area contributed by atoms with Crippen molar-refractivity contribution in [3.63, 3.8) is 0 Å². The van der Waals surface area contributed by atoms with Crippen LogP contribution in [0.3, 0.4) is 0 Å². The molecule has 0 spiro atoms. The molecule has 0 aliphatic rings. The second-order valence-corrected chi connectivity index (χ2v) is 3.90. The normalized spacial score (nSPS) is 14.1. The van der Waals surface area contributed by atoms with Crippen molar-refractivity contribution in [3.8, 4) is 0 Å². The summed E-state index contributed by atoms with van der Waals surface area (Å²) < 4.78 is 15.6. The summed E-state index contributed by atoms with van der Waals surface area (Å²) in [7, 11) is 1.61. The second-order valence-electron chi connectivity index (χ2n) is 3.13. The lowest BCUT2D eigenvalue weighted by atomic mass is 10.2. The zero-order chi connectivity index (χ0) is 14.4. The highest BCUT2D eigenvalue weighted by atomic mass is 32.2. The molecule has 0 N–H and O–H groups in total. The maximum Gasteiger partial charge on any atom is 0.245 e. The molecular formula is C12H15N3OS. The van der Waals surface area contributed by atoms with Crippen molar-refractivity contribution in [2.75, 3.05) is 13.3 Å². The van der Waals surface area contributed by atoms with Gasteiger partial charge in [0.1, 0.15) is 0 Å². The molecule has 90 valence electrons. The van der Waals surface area contributed by atoms with Crippen LogP contribution < -0.4 is 0 Å². The number of aliphatic imine (C=N–C) groups is 1. The highest BCUT2D eigenvalue weighted by molar-refractivity contribution is 8.13. The van der Waals surface area contributed by atoms with E-state index in [9.17, 15) is 4.79 Å². The van der Waals surface area contributed by atoms with Crippen molar-refractivity contribution in [2.45, 2.75) is 6.92 Å². The number of nitrogens with zero attached hydrogens (tertiary/aromatic N) is 3. The molecule has 1 aromatic rings. The molecule has 0 atom stereocenters. The van der Waals surface area contributed by atoms with Crippen molar-refractivity contribution in [2.24, 2.45) is 10.1 Å². The van der Waals surface area contributed by atoms with Crippen molar-refractivity contribution in [1.82, 2.24) is 5.01 Å². The number of benzene rings is 1. The topological polar surface area (TPSA) is 45.0 Å². The Morgan fingerprint density at radius 3 is 2.94 bits per heavy atom. The highest BCUT2D eigenvalue weighted by Crippen LogP contribution is 2.04. The van der Waals surface area contributed by atoms with Gasteiger partial charge in [-0.15, -0.1) is 0 Å². The molecular weight excluding hydrogens is 234 g/mol. The molecule has 0 heterocycles. The van der Waals surface area contributed by atoms with Crippen LogP contribution in [0, 0.1) is 0 Å². The number of amides is 1. The highest BCUT2D eigenvalue weighted by Gasteiger charge is 2.03. The Bertz CT molecular complexity index is 531. The van der Waals surface area contributed by atoms with Gasteiger partial charge in [0, 0.05) is 14.0 Å². The van der Waals surface area contributed by atoms with Gasteiger partial charge in [-0.3, -0.25) is 4.79 Å². The third-order valence-corrected chi connectivity index (χ3v) is 2.46. The van der Waals surface area contributed by atoms with Crippen molar-refractivity contribution in [3.05, 3.63) is 35.9 Å². The van der Waals surface area contributed by atoms with Crippen LogP contribution in [0.15, 0.2) is 40.4 Å². The molecule has 0 bridgehead atoms. The van der Waals surface area contributed by atoms with Gasteiger partial charge >= 0.3 is 0 Å². The molecule has 4 nitrogen and oxygen atoms in total. The van der Waals surface area contributed by atoms with Crippen LogP contribution >= 0.6 is 11.8 Å². The number of amidine groups is 1. The van der Waals surface area contributed by atoms with E-state index in [1.165, 1.54) is 23.7 Å². The first-order valence-electron chi connectivity index (χ1n) is 5.94. The van der Waals surface area contributed by atoms with Gasteiger partial charge in [0.25, 0.3) is 0 Å². The average molecular weight is 251 g/mol. The van der Waals surface area contributed by atoms with Crippen molar-refractivity contribution in [1.29, 1.82) is 0 Å². The lowest BCUT2D eigenvalue weighted by molar-refractivity contribution is -0.115. The Morgan fingerprint density at radius 1 is 1.59 bits per heavy atom. The SMILES string of the molecule is [2H]C(=NN(C)C(=NC(C)=O)SC)c1ccccc1[2H]. The number of hydrogen-bond donors (Lipinski definition) is 0. The van der Waals surface area contributed by atoms with E-state index in [0.29, 0.717) is 10.7 Å². The summed E-state index contributed by atoms with van der Waals surface area (Å²) in [6, 6.07) is 6.96. The largest absolute Gasteiger partial charge is 0.273 e. The number of hydrogen-bond acceptors (Lipinski definition) is 3. The Morgan fingerprint density at radius 2 is 2.35 bits per heavy atom. The van der Waals surface area contributed by atoms with Gasteiger partial charge in [-0.05, 0) is 11.8 Å². The molecule has 0 unspecified atom stereocenters. The van der Waals surface area contributed by atoms with Crippen LogP contribution in [0.25, 0.3) is 0 Å². The quantitative estimate of drug-likeness (QED) is 0.460. The van der Waals surface area contributed by atoms with E-state index in [1.54, 1.807) is 37.6 Å². The van der Waals surface area contributed by atoms with Gasteiger partial charge in [-0.1, -0.05) is 42.1 Å². The first-order valence-corrected chi connectivity index (χ1v) is 6.16. The summed E-state index contributed by atoms with van der Waals surface area (Å²) in [6.07, 6.45) is 1.73. The van der Waals surface area contributed by atoms with Gasteiger partial charge in [0.05, 0.1) is 8.93 Å². The van der Waals surface area contributed by atoms with Gasteiger partial charge < -0.3 is 0 Å². The zero-order valence-electron chi connectivity index (χ0n) is 12.0. The summed E-state index contributed by atoms with van der Waals surface area (Å²) in [5.74, 6) is -0.321. The number of hydrazone groups is 1. The fourth-order valence-corrected chi connectivity index (χ4v) is 1.54. The van der Waals surface area contributed by atoms with E-state index in [1.807, 2.05) is 0 Å². The molecule has 0 fully saturated rings. The van der Waals surface area contributed by atoms with Crippen molar-refractivity contribution >= 4 is 29.0 Å². The molecule has 5 heteroatoms. The molecule has 0 saturated heterocycles. The molecule has 0 radical (unpaired) electrons. The smallest absolute Gasteiger partial charge is 0.245 e. The lowest BCUT2D eigenvalue weighted by Crippen LogP contribution is -2.19. The van der Waals surface area contributed by atoms with E-state index in [-0.39, 0.29) is 18.1 Å². The van der Waals surface area contributed by atoms with Crippen LogP contribution in [0.1, 0.15) is 15.2 Å². The summed E-state index contributed by atoms with van der Waals surface area (Å²) >= 11 is 1.27. The van der Waals surface area contributed by atoms with E-state index in [2.05, 4.69) is 10.1 Å². The van der Waals surface area contributed by atoms with Crippen LogP contribution in [-0.4, -0.2) is 35.6 Å². The number of carbonyl (C=O) groups is 1. The predicted molar refractivity (Wildman–Crippen MR) is 73.4 cm³/mol. The standard InChI is InChI=1S/C12H15N3OS/c1-10(16)14-12(17-3)15(2)13-9-11-7-5-4-6-8-11/h4-9H,1-3H3/i7D,9D. The fourth-order valence-electron chi connectivity index (χ4n) is 1.02. The summed E-state index contributed by atoms with van der Waals surface area (Å²) in [6.45, 7) is 1.36. The lowest BCUT2D eigenvalue weighted by Gasteiger charge is -2.12. The van der Waals surface area contributed by atoms with Gasteiger partial charge in [0.2, 0.25) is 5.91 Å². The Hall–Kier alpha value is -1.62. The third-order valence-electron chi connectivity index (χ3n) is 1.74.